The Bertz CT molecular complexity index is 1430. The van der Waals surface area contributed by atoms with Crippen molar-refractivity contribution in [3.05, 3.63) is 93.0 Å². The third kappa shape index (κ3) is 7.23. The van der Waals surface area contributed by atoms with Crippen LogP contribution in [0.15, 0.2) is 65.7 Å². The van der Waals surface area contributed by atoms with Crippen LogP contribution in [0.1, 0.15) is 46.3 Å². The van der Waals surface area contributed by atoms with Crippen LogP contribution in [0, 0.1) is 11.8 Å². The number of ketones is 1. The van der Waals surface area contributed by atoms with E-state index in [1.807, 2.05) is 36.4 Å². The Balaban J connectivity index is 1.26. The van der Waals surface area contributed by atoms with Crippen LogP contribution >= 0.6 is 23.2 Å². The molecule has 226 valence electrons. The number of aliphatic imine (C=N–C) groups is 1. The molecule has 43 heavy (non-hydrogen) atoms. The number of benzene rings is 3. The zero-order valence-electron chi connectivity index (χ0n) is 24.6. The van der Waals surface area contributed by atoms with Crippen molar-refractivity contribution < 1.29 is 23.8 Å². The zero-order valence-corrected chi connectivity index (χ0v) is 26.2. The lowest BCUT2D eigenvalue weighted by molar-refractivity contribution is -0.142. The first-order chi connectivity index (χ1) is 20.8. The highest BCUT2D eigenvalue weighted by atomic mass is 35.5. The lowest BCUT2D eigenvalue weighted by Gasteiger charge is -2.34. The number of piperidine rings is 1. The van der Waals surface area contributed by atoms with Gasteiger partial charge in [0.15, 0.2) is 23.3 Å². The molecule has 0 spiro atoms. The molecule has 1 aliphatic carbocycles. The predicted octanol–water partition coefficient (Wildman–Crippen LogP) is 6.55. The molecule has 3 aromatic carbocycles. The number of likely N-dealkylation sites (tertiary alicyclic amines) is 1. The van der Waals surface area contributed by atoms with Crippen molar-refractivity contribution in [3.8, 4) is 11.5 Å². The monoisotopic (exact) mass is 622 g/mol. The Morgan fingerprint density at radius 1 is 0.907 bits per heavy atom. The van der Waals surface area contributed by atoms with E-state index < -0.39 is 6.04 Å². The van der Waals surface area contributed by atoms with Crippen LogP contribution in [0.2, 0.25) is 10.0 Å². The summed E-state index contributed by atoms with van der Waals surface area (Å²) < 4.78 is 16.0. The van der Waals surface area contributed by atoms with Crippen molar-refractivity contribution >= 4 is 40.7 Å². The van der Waals surface area contributed by atoms with Crippen LogP contribution in [0.4, 0.5) is 0 Å². The zero-order chi connectivity index (χ0) is 30.5. The van der Waals surface area contributed by atoms with Crippen LogP contribution in [0.3, 0.4) is 0 Å². The fraction of sp³-hybridized carbons (Fsp3) is 0.382. The summed E-state index contributed by atoms with van der Waals surface area (Å²) in [5, 5.41) is 1.24. The minimum atomic E-state index is -0.709. The predicted molar refractivity (Wildman–Crippen MR) is 169 cm³/mol. The van der Waals surface area contributed by atoms with E-state index in [-0.39, 0.29) is 17.7 Å². The molecule has 0 N–H and O–H groups in total. The summed E-state index contributed by atoms with van der Waals surface area (Å²) in [6.45, 7) is 2.08. The third-order valence-corrected chi connectivity index (χ3v) is 8.97. The number of methoxy groups -OCH3 is 3. The highest BCUT2D eigenvalue weighted by molar-refractivity contribution is 6.31. The van der Waals surface area contributed by atoms with Gasteiger partial charge < -0.3 is 19.1 Å². The van der Waals surface area contributed by atoms with E-state index in [2.05, 4.69) is 4.90 Å². The standard InChI is InChI=1S/C34H36Cl2N2O5/c1-41-30-18-24-17-25(33(39)28(24)19-31(30)42-2)16-21-12-14-38(15-13-21)20-29(34(40)43-3)37-32(22-4-8-26(35)9-5-22)23-6-10-27(36)11-7-23/h4-11,18-19,21,25,29H,12-17,20H2,1-3H3. The van der Waals surface area contributed by atoms with E-state index in [1.54, 1.807) is 38.5 Å². The minimum Gasteiger partial charge on any atom is -0.493 e. The highest BCUT2D eigenvalue weighted by Crippen LogP contribution is 2.39. The second-order valence-corrected chi connectivity index (χ2v) is 12.0. The van der Waals surface area contributed by atoms with Crippen molar-refractivity contribution in [1.29, 1.82) is 0 Å². The lowest BCUT2D eigenvalue weighted by Crippen LogP contribution is -2.42. The number of hydrogen-bond donors (Lipinski definition) is 0. The van der Waals surface area contributed by atoms with Gasteiger partial charge in [0.2, 0.25) is 0 Å². The van der Waals surface area contributed by atoms with Gasteiger partial charge in [-0.25, -0.2) is 4.79 Å². The maximum absolute atomic E-state index is 13.2. The van der Waals surface area contributed by atoms with Gasteiger partial charge in [-0.2, -0.15) is 0 Å². The molecule has 1 saturated heterocycles. The van der Waals surface area contributed by atoms with Crippen molar-refractivity contribution in [2.45, 2.75) is 31.7 Å². The van der Waals surface area contributed by atoms with E-state index in [0.29, 0.717) is 39.7 Å². The van der Waals surface area contributed by atoms with E-state index in [0.717, 1.165) is 61.0 Å². The number of esters is 1. The first-order valence-corrected chi connectivity index (χ1v) is 15.2. The van der Waals surface area contributed by atoms with Crippen LogP contribution < -0.4 is 9.47 Å². The molecule has 2 atom stereocenters. The fourth-order valence-electron chi connectivity index (χ4n) is 6.13. The van der Waals surface area contributed by atoms with Gasteiger partial charge in [0.1, 0.15) is 0 Å². The van der Waals surface area contributed by atoms with Gasteiger partial charge in [-0.3, -0.25) is 9.79 Å². The topological polar surface area (TPSA) is 77.4 Å². The molecule has 1 heterocycles. The molecule has 0 radical (unpaired) electrons. The van der Waals surface area contributed by atoms with Crippen molar-refractivity contribution in [2.75, 3.05) is 41.0 Å². The molecule has 1 fully saturated rings. The summed E-state index contributed by atoms with van der Waals surface area (Å²) in [7, 11) is 4.59. The first-order valence-electron chi connectivity index (χ1n) is 14.5. The summed E-state index contributed by atoms with van der Waals surface area (Å²) in [5.41, 5.74) is 4.14. The average Bonchev–Trinajstić information content (AvgIpc) is 3.33. The van der Waals surface area contributed by atoms with Gasteiger partial charge in [0.05, 0.1) is 27.0 Å². The number of carbonyl (C=O) groups is 2. The normalized spacial score (nSPS) is 17.7. The molecule has 9 heteroatoms. The van der Waals surface area contributed by atoms with Gasteiger partial charge in [-0.05, 0) is 86.7 Å². The molecular formula is C34H36Cl2N2O5. The summed E-state index contributed by atoms with van der Waals surface area (Å²) in [6, 6.07) is 17.8. The summed E-state index contributed by atoms with van der Waals surface area (Å²) >= 11 is 12.3. The summed E-state index contributed by atoms with van der Waals surface area (Å²) in [5.74, 6) is 1.44. The van der Waals surface area contributed by atoms with E-state index in [4.69, 9.17) is 42.4 Å². The van der Waals surface area contributed by atoms with Gasteiger partial charge in [0, 0.05) is 39.2 Å². The number of nitrogens with zero attached hydrogens (tertiary/aromatic N) is 2. The van der Waals surface area contributed by atoms with E-state index in [1.165, 1.54) is 7.11 Å². The maximum Gasteiger partial charge on any atom is 0.331 e. The summed E-state index contributed by atoms with van der Waals surface area (Å²) in [4.78, 5) is 33.4. The summed E-state index contributed by atoms with van der Waals surface area (Å²) in [6.07, 6.45) is 3.48. The number of rotatable bonds is 10. The molecule has 2 aliphatic rings. The van der Waals surface area contributed by atoms with Crippen LogP contribution in [0.25, 0.3) is 0 Å². The molecule has 2 unspecified atom stereocenters. The van der Waals surface area contributed by atoms with Crippen LogP contribution in [-0.2, 0) is 16.0 Å². The Kier molecular flexibility index (Phi) is 10.1. The lowest BCUT2D eigenvalue weighted by atomic mass is 9.85. The second-order valence-electron chi connectivity index (χ2n) is 11.1. The molecule has 7 nitrogen and oxygen atoms in total. The second kappa shape index (κ2) is 13.9. The highest BCUT2D eigenvalue weighted by Gasteiger charge is 2.35. The Morgan fingerprint density at radius 2 is 1.47 bits per heavy atom. The Labute approximate surface area is 262 Å². The smallest absolute Gasteiger partial charge is 0.331 e. The third-order valence-electron chi connectivity index (χ3n) is 8.46. The van der Waals surface area contributed by atoms with Gasteiger partial charge >= 0.3 is 5.97 Å². The van der Waals surface area contributed by atoms with Crippen molar-refractivity contribution in [1.82, 2.24) is 4.90 Å². The molecule has 0 saturated carbocycles. The molecule has 5 rings (SSSR count). The maximum atomic E-state index is 13.2. The molecule has 0 amide bonds. The number of Topliss-reactive ketones (excluding diaryl/α,β-unsaturated/α-hetero) is 1. The number of ether oxygens (including phenoxy) is 3. The van der Waals surface area contributed by atoms with Crippen molar-refractivity contribution in [3.63, 3.8) is 0 Å². The molecule has 3 aromatic rings. The number of fused-ring (bicyclic) bond motifs is 1. The molecule has 0 aromatic heterocycles. The molecule has 1 aliphatic heterocycles. The molecule has 0 bridgehead atoms. The van der Waals surface area contributed by atoms with Gasteiger partial charge in [0.25, 0.3) is 0 Å². The van der Waals surface area contributed by atoms with E-state index >= 15 is 0 Å². The number of carbonyl (C=O) groups excluding carboxylic acids is 2. The Hall–Kier alpha value is -3.39. The minimum absolute atomic E-state index is 0.0305. The van der Waals surface area contributed by atoms with Gasteiger partial charge in [-0.15, -0.1) is 0 Å². The quantitative estimate of drug-likeness (QED) is 0.189. The van der Waals surface area contributed by atoms with Crippen LogP contribution in [0.5, 0.6) is 11.5 Å². The first kappa shape index (κ1) is 31.0. The van der Waals surface area contributed by atoms with Crippen LogP contribution in [-0.4, -0.2) is 69.4 Å². The number of halogens is 2. The molecular weight excluding hydrogens is 587 g/mol. The number of hydrogen-bond acceptors (Lipinski definition) is 7. The van der Waals surface area contributed by atoms with Crippen molar-refractivity contribution in [2.24, 2.45) is 16.8 Å². The SMILES string of the molecule is COC(=O)C(CN1CCC(CC2Cc3cc(OC)c(OC)cc3C2=O)CC1)N=C(c1ccc(Cl)cc1)c1ccc(Cl)cc1. The Morgan fingerprint density at radius 3 is 2.00 bits per heavy atom. The van der Waals surface area contributed by atoms with Gasteiger partial charge in [-0.1, -0.05) is 47.5 Å². The van der Waals surface area contributed by atoms with E-state index in [9.17, 15) is 9.59 Å². The largest absolute Gasteiger partial charge is 0.493 e. The average molecular weight is 624 g/mol. The fourth-order valence-corrected chi connectivity index (χ4v) is 6.38.